The molecule has 17 heteroatoms. The number of halogens is 2. The molecule has 1 saturated heterocycles. The lowest BCUT2D eigenvalue weighted by atomic mass is 10.1. The third-order valence-corrected chi connectivity index (χ3v) is 7.59. The molecule has 0 saturated carbocycles. The van der Waals surface area contributed by atoms with Crippen molar-refractivity contribution in [3.8, 4) is 5.75 Å². The monoisotopic (exact) mass is 587 g/mol. The van der Waals surface area contributed by atoms with Crippen molar-refractivity contribution in [2.75, 3.05) is 18.1 Å². The number of hydrogen-bond donors (Lipinski definition) is 4. The molecule has 39 heavy (non-hydrogen) atoms. The van der Waals surface area contributed by atoms with Crippen molar-refractivity contribution >= 4 is 48.2 Å². The van der Waals surface area contributed by atoms with Crippen molar-refractivity contribution in [2.24, 2.45) is 0 Å². The first kappa shape index (κ1) is 28.9. The largest absolute Gasteiger partial charge is 0.462 e. The van der Waals surface area contributed by atoms with Gasteiger partial charge in [0.15, 0.2) is 17.7 Å². The number of aliphatic hydroxyl groups excluding tert-OH is 1. The minimum Gasteiger partial charge on any atom is -0.462 e. The summed E-state index contributed by atoms with van der Waals surface area (Å²) < 4.78 is 52.3. The number of para-hydroxylation sites is 1. The average Bonchev–Trinajstić information content (AvgIpc) is 3.36. The van der Waals surface area contributed by atoms with Gasteiger partial charge in [-0.15, -0.1) is 0 Å². The van der Waals surface area contributed by atoms with Crippen LogP contribution in [0, 0.1) is 0 Å². The summed E-state index contributed by atoms with van der Waals surface area (Å²) in [5.74, 6) is -0.808. The second-order valence-corrected chi connectivity index (χ2v) is 11.2. The van der Waals surface area contributed by atoms with Crippen LogP contribution in [0.25, 0.3) is 11.2 Å². The molecule has 6 N–H and O–H groups in total. The number of nitrogens with two attached hydrogens (primary N) is 2. The highest BCUT2D eigenvalue weighted by Crippen LogP contribution is 2.49. The molecule has 0 radical (unpaired) electrons. The van der Waals surface area contributed by atoms with E-state index in [1.807, 2.05) is 0 Å². The molecule has 0 aliphatic carbocycles. The van der Waals surface area contributed by atoms with Gasteiger partial charge in [0.25, 0.3) is 5.13 Å². The Bertz CT molecular complexity index is 1380. The van der Waals surface area contributed by atoms with E-state index in [2.05, 4.69) is 20.0 Å². The number of anilines is 2. The van der Waals surface area contributed by atoms with Crippen LogP contribution >= 0.6 is 19.3 Å². The van der Waals surface area contributed by atoms with Gasteiger partial charge in [-0.25, -0.2) is 13.9 Å². The van der Waals surface area contributed by atoms with Crippen LogP contribution in [0.4, 0.5) is 16.2 Å². The van der Waals surface area contributed by atoms with Gasteiger partial charge in [0.05, 0.1) is 19.0 Å². The van der Waals surface area contributed by atoms with E-state index >= 15 is 4.39 Å². The van der Waals surface area contributed by atoms with Crippen molar-refractivity contribution in [1.82, 2.24) is 24.6 Å². The molecule has 4 rings (SSSR count). The number of esters is 1. The first-order chi connectivity index (χ1) is 18.3. The minimum absolute atomic E-state index is 0.0127. The fraction of sp³-hybridized carbons (Fsp3) is 0.455. The highest BCUT2D eigenvalue weighted by Gasteiger charge is 2.58. The summed E-state index contributed by atoms with van der Waals surface area (Å²) >= 11 is 6.08. The molecule has 2 aromatic heterocycles. The molecule has 6 atom stereocenters. The Hall–Kier alpha value is -3.07. The summed E-state index contributed by atoms with van der Waals surface area (Å²) in [6.07, 6.45) is -4.35. The summed E-state index contributed by atoms with van der Waals surface area (Å²) in [6.45, 7) is 4.06. The van der Waals surface area contributed by atoms with E-state index in [0.29, 0.717) is 0 Å². The van der Waals surface area contributed by atoms with Gasteiger partial charge < -0.3 is 30.6 Å². The second kappa shape index (κ2) is 11.2. The maximum atomic E-state index is 15.6. The van der Waals surface area contributed by atoms with Gasteiger partial charge >= 0.3 is 13.7 Å². The predicted molar refractivity (Wildman–Crippen MR) is 138 cm³/mol. The highest BCUT2D eigenvalue weighted by atomic mass is 35.5. The molecule has 0 spiro atoms. The SMILES string of the molecule is CC(C)OC(=O)C(C)NP(=O)(OCC1OC(n2cnc3c(N)nc(N)nc32)C(F)(Cl)C1O)Oc1ccccc1. The Kier molecular flexibility index (Phi) is 8.30. The fourth-order valence-corrected chi connectivity index (χ4v) is 5.54. The lowest BCUT2D eigenvalue weighted by molar-refractivity contribution is -0.149. The van der Waals surface area contributed by atoms with Crippen LogP contribution in [0.5, 0.6) is 5.75 Å². The summed E-state index contributed by atoms with van der Waals surface area (Å²) in [6, 6.07) is 6.89. The number of carbonyl (C=O) groups excluding carboxylic acids is 1. The van der Waals surface area contributed by atoms with E-state index in [4.69, 9.17) is 41.6 Å². The van der Waals surface area contributed by atoms with Crippen LogP contribution in [0.1, 0.15) is 27.0 Å². The van der Waals surface area contributed by atoms with Gasteiger partial charge in [-0.2, -0.15) is 15.1 Å². The molecule has 3 heterocycles. The first-order valence-electron chi connectivity index (χ1n) is 11.7. The zero-order valence-electron chi connectivity index (χ0n) is 21.1. The number of hydrogen-bond acceptors (Lipinski definition) is 12. The van der Waals surface area contributed by atoms with E-state index < -0.39 is 56.0 Å². The molecule has 6 unspecified atom stereocenters. The van der Waals surface area contributed by atoms with E-state index in [-0.39, 0.29) is 28.7 Å². The Labute approximate surface area is 227 Å². The number of carbonyl (C=O) groups is 1. The van der Waals surface area contributed by atoms with Gasteiger partial charge in [0.1, 0.15) is 29.5 Å². The van der Waals surface area contributed by atoms with Gasteiger partial charge in [-0.1, -0.05) is 29.8 Å². The van der Waals surface area contributed by atoms with E-state index in [1.54, 1.807) is 32.0 Å². The normalized spacial score (nSPS) is 25.5. The highest BCUT2D eigenvalue weighted by molar-refractivity contribution is 7.52. The van der Waals surface area contributed by atoms with E-state index in [1.165, 1.54) is 19.1 Å². The van der Waals surface area contributed by atoms with Crippen molar-refractivity contribution in [3.05, 3.63) is 36.7 Å². The topological polar surface area (TPSA) is 199 Å². The molecule has 1 aliphatic heterocycles. The standard InChI is InChI=1S/C22H28ClFN7O7P/c1-11(2)36-19(33)12(3)30-39(34,38-13-7-5-4-6-8-13)35-9-14-16(32)22(23,24)20(37-14)31-10-27-15-17(25)28-21(26)29-18(15)31/h4-8,10-12,14,16,20,32H,9H2,1-3H3,(H,30,34)(H4,25,26,28,29). The smallest absolute Gasteiger partial charge is 0.459 e. The first-order valence-corrected chi connectivity index (χ1v) is 13.7. The number of alkyl halides is 2. The number of fused-ring (bicyclic) bond motifs is 1. The van der Waals surface area contributed by atoms with Crippen LogP contribution in [0.2, 0.25) is 0 Å². The average molecular weight is 588 g/mol. The minimum atomic E-state index is -4.33. The molecule has 212 valence electrons. The maximum absolute atomic E-state index is 15.6. The molecule has 1 aromatic carbocycles. The van der Waals surface area contributed by atoms with Gasteiger partial charge in [0.2, 0.25) is 5.95 Å². The Morgan fingerprint density at radius 3 is 2.67 bits per heavy atom. The fourth-order valence-electron chi connectivity index (χ4n) is 3.74. The molecule has 0 bridgehead atoms. The quantitative estimate of drug-likeness (QED) is 0.153. The van der Waals surface area contributed by atoms with Gasteiger partial charge in [-0.3, -0.25) is 13.9 Å². The van der Waals surface area contributed by atoms with Crippen LogP contribution < -0.4 is 21.1 Å². The molecule has 3 aromatic rings. The number of benzene rings is 1. The number of imidazole rings is 1. The lowest BCUT2D eigenvalue weighted by Crippen LogP contribution is -2.40. The molecular formula is C22H28ClFN7O7P. The lowest BCUT2D eigenvalue weighted by Gasteiger charge is -2.25. The van der Waals surface area contributed by atoms with Crippen LogP contribution in [-0.4, -0.2) is 66.7 Å². The number of rotatable bonds is 10. The number of ether oxygens (including phenoxy) is 2. The number of aliphatic hydroxyl groups is 1. The second-order valence-electron chi connectivity index (χ2n) is 8.97. The van der Waals surface area contributed by atoms with Gasteiger partial charge in [-0.05, 0) is 32.9 Å². The Morgan fingerprint density at radius 1 is 1.31 bits per heavy atom. The number of aromatic nitrogens is 4. The van der Waals surface area contributed by atoms with Crippen molar-refractivity contribution in [1.29, 1.82) is 0 Å². The molecule has 0 amide bonds. The molecule has 1 aliphatic rings. The van der Waals surface area contributed by atoms with E-state index in [0.717, 1.165) is 10.9 Å². The third-order valence-electron chi connectivity index (χ3n) is 5.53. The number of nitrogens with one attached hydrogen (secondary N) is 1. The zero-order chi connectivity index (χ0) is 28.5. The summed E-state index contributed by atoms with van der Waals surface area (Å²) in [7, 11) is -4.33. The summed E-state index contributed by atoms with van der Waals surface area (Å²) in [5, 5.41) is 10.3. The summed E-state index contributed by atoms with van der Waals surface area (Å²) in [4.78, 5) is 24.2. The van der Waals surface area contributed by atoms with E-state index in [9.17, 15) is 14.5 Å². The van der Waals surface area contributed by atoms with Crippen molar-refractivity contribution in [3.63, 3.8) is 0 Å². The van der Waals surface area contributed by atoms with Crippen LogP contribution in [-0.2, 0) is 23.4 Å². The molecular weight excluding hydrogens is 560 g/mol. The van der Waals surface area contributed by atoms with Crippen LogP contribution in [0.15, 0.2) is 36.7 Å². The Balaban J connectivity index is 1.55. The molecule has 14 nitrogen and oxygen atoms in total. The van der Waals surface area contributed by atoms with Crippen LogP contribution in [0.3, 0.4) is 0 Å². The van der Waals surface area contributed by atoms with Crippen molar-refractivity contribution < 1.29 is 37.4 Å². The number of nitrogen functional groups attached to an aromatic ring is 2. The Morgan fingerprint density at radius 2 is 2.00 bits per heavy atom. The van der Waals surface area contributed by atoms with Gasteiger partial charge in [0, 0.05) is 0 Å². The number of nitrogens with zero attached hydrogens (tertiary/aromatic N) is 4. The van der Waals surface area contributed by atoms with Crippen molar-refractivity contribution in [2.45, 2.75) is 56.5 Å². The molecule has 1 fully saturated rings. The predicted octanol–water partition coefficient (Wildman–Crippen LogP) is 2.29. The summed E-state index contributed by atoms with van der Waals surface area (Å²) in [5.41, 5.74) is 11.6. The maximum Gasteiger partial charge on any atom is 0.459 e. The third kappa shape index (κ3) is 6.24. The zero-order valence-corrected chi connectivity index (χ0v) is 22.8.